The third kappa shape index (κ3) is 3.31. The number of hydrogen-bond acceptors (Lipinski definition) is 13. The molecular weight excluding hydrogens is 460 g/mol. The Morgan fingerprint density at radius 3 is 2.53 bits per heavy atom. The molecule has 5 N–H and O–H groups in total. The lowest BCUT2D eigenvalue weighted by molar-refractivity contribution is -0.347. The smallest absolute Gasteiger partial charge is 0.337 e. The van der Waals surface area contributed by atoms with E-state index in [1.54, 1.807) is 0 Å². The van der Waals surface area contributed by atoms with E-state index in [0.29, 0.717) is 0 Å². The van der Waals surface area contributed by atoms with Crippen LogP contribution in [0.2, 0.25) is 0 Å². The van der Waals surface area contributed by atoms with Gasteiger partial charge in [-0.15, -0.1) is 0 Å². The fourth-order valence-electron chi connectivity index (χ4n) is 5.37. The number of hydrogen-bond donors (Lipinski definition) is 5. The van der Waals surface area contributed by atoms with E-state index in [-0.39, 0.29) is 11.1 Å². The van der Waals surface area contributed by atoms with Crippen LogP contribution in [-0.4, -0.2) is 112 Å². The third-order valence-corrected chi connectivity index (χ3v) is 7.09. The molecule has 188 valence electrons. The molecule has 4 heterocycles. The highest BCUT2D eigenvalue weighted by Gasteiger charge is 2.77. The number of rotatable bonds is 5. The van der Waals surface area contributed by atoms with E-state index in [1.165, 1.54) is 20.1 Å². The molecule has 13 nitrogen and oxygen atoms in total. The van der Waals surface area contributed by atoms with Crippen LogP contribution in [0.4, 0.5) is 0 Å². The van der Waals surface area contributed by atoms with E-state index >= 15 is 0 Å². The van der Waals surface area contributed by atoms with E-state index in [4.69, 9.17) is 28.4 Å². The second-order valence-corrected chi connectivity index (χ2v) is 8.99. The van der Waals surface area contributed by atoms with Crippen LogP contribution in [0.5, 0.6) is 0 Å². The summed E-state index contributed by atoms with van der Waals surface area (Å²) in [7, 11) is 1.20. The molecule has 0 aromatic heterocycles. The maximum atomic E-state index is 12.5. The summed E-state index contributed by atoms with van der Waals surface area (Å²) in [5.41, 5.74) is -1.32. The first-order valence-electron chi connectivity index (χ1n) is 10.8. The Balaban J connectivity index is 1.50. The van der Waals surface area contributed by atoms with Gasteiger partial charge < -0.3 is 54.0 Å². The summed E-state index contributed by atoms with van der Waals surface area (Å²) in [4.78, 5) is 25.0. The van der Waals surface area contributed by atoms with E-state index in [0.717, 1.165) is 6.26 Å². The summed E-state index contributed by atoms with van der Waals surface area (Å²) in [6.45, 7) is 0.748. The van der Waals surface area contributed by atoms with E-state index in [2.05, 4.69) is 0 Å². The number of methoxy groups -OCH3 is 1. The number of aliphatic hydroxyl groups excluding tert-OH is 5. The normalized spacial score (nSPS) is 47.7. The Morgan fingerprint density at radius 1 is 1.18 bits per heavy atom. The fourth-order valence-corrected chi connectivity index (χ4v) is 5.37. The molecule has 4 aliphatic heterocycles. The van der Waals surface area contributed by atoms with Gasteiger partial charge in [0.05, 0.1) is 49.3 Å². The zero-order valence-corrected chi connectivity index (χ0v) is 18.2. The van der Waals surface area contributed by atoms with Crippen LogP contribution in [0.3, 0.4) is 0 Å². The summed E-state index contributed by atoms with van der Waals surface area (Å²) < 4.78 is 33.2. The van der Waals surface area contributed by atoms with Gasteiger partial charge in [-0.05, 0) is 13.0 Å². The van der Waals surface area contributed by atoms with Crippen molar-refractivity contribution in [1.29, 1.82) is 0 Å². The standard InChI is InChI=1S/C21H26O13/c1-6(23)7-3-21(34-18(7)28)11-10(15-16(21)32-15)8(17(27)29-2)5-30-19(11)33-20-14(26)13(25)12(24)9(4-22)31-20/h3,5-6,9-16,19-20,22-26H,4H2,1-2H3/t6-,9+,10-,11-,12-,13-,14+,15+,16+,19+,20-,21+/m1/s1. The van der Waals surface area contributed by atoms with Crippen molar-refractivity contribution in [2.24, 2.45) is 11.8 Å². The number of ether oxygens (including phenoxy) is 6. The van der Waals surface area contributed by atoms with Gasteiger partial charge in [-0.3, -0.25) is 0 Å². The molecule has 5 aliphatic rings. The molecule has 0 radical (unpaired) electrons. The van der Waals surface area contributed by atoms with E-state index in [1.807, 2.05) is 0 Å². The second kappa shape index (κ2) is 8.24. The molecule has 34 heavy (non-hydrogen) atoms. The molecule has 3 fully saturated rings. The number of aliphatic hydroxyl groups is 5. The summed E-state index contributed by atoms with van der Waals surface area (Å²) in [5.74, 6) is -3.02. The molecule has 0 unspecified atom stereocenters. The quantitative estimate of drug-likeness (QED) is 0.193. The van der Waals surface area contributed by atoms with Gasteiger partial charge >= 0.3 is 11.9 Å². The molecule has 0 aromatic rings. The number of fused-ring (bicyclic) bond motifs is 5. The molecule has 1 saturated carbocycles. The predicted octanol–water partition coefficient (Wildman–Crippen LogP) is -3.17. The Bertz CT molecular complexity index is 928. The van der Waals surface area contributed by atoms with Gasteiger partial charge in [0.2, 0.25) is 6.29 Å². The second-order valence-electron chi connectivity index (χ2n) is 8.99. The lowest BCUT2D eigenvalue weighted by atomic mass is 9.78. The zero-order valence-electron chi connectivity index (χ0n) is 18.2. The van der Waals surface area contributed by atoms with Crippen molar-refractivity contribution >= 4 is 11.9 Å². The molecule has 12 atom stereocenters. The average Bonchev–Trinajstić information content (AvgIpc) is 3.48. The maximum absolute atomic E-state index is 12.5. The molecule has 5 rings (SSSR count). The lowest BCUT2D eigenvalue weighted by Gasteiger charge is -2.45. The van der Waals surface area contributed by atoms with Gasteiger partial charge in [-0.1, -0.05) is 0 Å². The van der Waals surface area contributed by atoms with Gasteiger partial charge in [-0.2, -0.15) is 0 Å². The van der Waals surface area contributed by atoms with Gasteiger partial charge in [0.25, 0.3) is 0 Å². The highest BCUT2D eigenvalue weighted by atomic mass is 16.8. The first-order chi connectivity index (χ1) is 16.1. The zero-order chi connectivity index (χ0) is 24.5. The number of carbonyl (C=O) groups excluding carboxylic acids is 2. The highest BCUT2D eigenvalue weighted by molar-refractivity contribution is 5.93. The largest absolute Gasteiger partial charge is 0.471 e. The minimum absolute atomic E-state index is 0.00987. The van der Waals surface area contributed by atoms with Crippen molar-refractivity contribution < 1.29 is 63.5 Å². The van der Waals surface area contributed by atoms with Crippen molar-refractivity contribution in [3.63, 3.8) is 0 Å². The van der Waals surface area contributed by atoms with Crippen LogP contribution in [0.15, 0.2) is 23.5 Å². The van der Waals surface area contributed by atoms with Gasteiger partial charge in [0, 0.05) is 5.92 Å². The Hall–Kier alpha value is -2.10. The molecule has 2 saturated heterocycles. The number of carbonyl (C=O) groups is 2. The SMILES string of the molecule is COC(=O)C1=CO[C@@H](O[C@H]2O[C@@H](CO)[C@@H](O)[C@@H](O)[C@@H]2O)[C@H]2[C@@H]1[C@@H]1O[C@@H]1[C@]21C=C([C@@H](C)O)C(=O)O1. The Kier molecular flexibility index (Phi) is 5.73. The maximum Gasteiger partial charge on any atom is 0.337 e. The summed E-state index contributed by atoms with van der Waals surface area (Å²) in [6.07, 6.45) is -8.77. The molecule has 13 heteroatoms. The van der Waals surface area contributed by atoms with Crippen LogP contribution in [0.1, 0.15) is 6.92 Å². The highest BCUT2D eigenvalue weighted by Crippen LogP contribution is 2.62. The van der Waals surface area contributed by atoms with Crippen LogP contribution >= 0.6 is 0 Å². The number of epoxide rings is 1. The third-order valence-electron chi connectivity index (χ3n) is 7.09. The average molecular weight is 486 g/mol. The molecular formula is C21H26O13. The van der Waals surface area contributed by atoms with Crippen LogP contribution in [0, 0.1) is 11.8 Å². The van der Waals surface area contributed by atoms with Crippen molar-refractivity contribution in [3.05, 3.63) is 23.5 Å². The first kappa shape index (κ1) is 23.6. The van der Waals surface area contributed by atoms with Crippen molar-refractivity contribution in [3.8, 4) is 0 Å². The summed E-state index contributed by atoms with van der Waals surface area (Å²) >= 11 is 0. The minimum Gasteiger partial charge on any atom is -0.471 e. The lowest BCUT2D eigenvalue weighted by Crippen LogP contribution is -2.61. The van der Waals surface area contributed by atoms with Gasteiger partial charge in [-0.25, -0.2) is 9.59 Å². The molecule has 0 amide bonds. The molecule has 1 aliphatic carbocycles. The molecule has 0 bridgehead atoms. The van der Waals surface area contributed by atoms with Crippen LogP contribution in [-0.2, 0) is 38.0 Å². The predicted molar refractivity (Wildman–Crippen MR) is 104 cm³/mol. The van der Waals surface area contributed by atoms with E-state index in [9.17, 15) is 35.1 Å². The summed E-state index contributed by atoms with van der Waals surface area (Å²) in [6, 6.07) is 0. The van der Waals surface area contributed by atoms with Crippen molar-refractivity contribution in [2.45, 2.75) is 67.8 Å². The topological polar surface area (TPSA) is 194 Å². The number of esters is 2. The Morgan fingerprint density at radius 2 is 1.91 bits per heavy atom. The van der Waals surface area contributed by atoms with Crippen LogP contribution < -0.4 is 0 Å². The fraction of sp³-hybridized carbons (Fsp3) is 0.714. The van der Waals surface area contributed by atoms with Crippen molar-refractivity contribution in [2.75, 3.05) is 13.7 Å². The molecule has 0 aromatic carbocycles. The molecule has 1 spiro atoms. The van der Waals surface area contributed by atoms with Gasteiger partial charge in [0.15, 0.2) is 11.9 Å². The van der Waals surface area contributed by atoms with Crippen LogP contribution in [0.25, 0.3) is 0 Å². The first-order valence-corrected chi connectivity index (χ1v) is 10.8. The summed E-state index contributed by atoms with van der Waals surface area (Å²) in [5, 5.41) is 50.0. The Labute approximate surface area is 193 Å². The van der Waals surface area contributed by atoms with E-state index < -0.39 is 91.3 Å². The monoisotopic (exact) mass is 486 g/mol. The van der Waals surface area contributed by atoms with Gasteiger partial charge in [0.1, 0.15) is 30.5 Å². The minimum atomic E-state index is -1.70. The van der Waals surface area contributed by atoms with Crippen molar-refractivity contribution in [1.82, 2.24) is 0 Å².